The highest BCUT2D eigenvalue weighted by atomic mass is 19.4. The Morgan fingerprint density at radius 1 is 1.10 bits per heavy atom. The van der Waals surface area contributed by atoms with E-state index in [4.69, 9.17) is 0 Å². The summed E-state index contributed by atoms with van der Waals surface area (Å²) in [6, 6.07) is 8.78. The topological polar surface area (TPSA) is 72.7 Å². The first-order valence-electron chi connectivity index (χ1n) is 9.32. The minimum atomic E-state index is -4.52. The van der Waals surface area contributed by atoms with E-state index < -0.39 is 28.9 Å². The van der Waals surface area contributed by atoms with Gasteiger partial charge < -0.3 is 5.32 Å². The van der Waals surface area contributed by atoms with E-state index in [0.717, 1.165) is 18.2 Å². The molecule has 10 heteroatoms. The highest BCUT2D eigenvalue weighted by Crippen LogP contribution is 2.43. The Morgan fingerprint density at radius 3 is 2.53 bits per heavy atom. The number of aromatic nitrogens is 4. The van der Waals surface area contributed by atoms with Gasteiger partial charge in [0.05, 0.1) is 22.4 Å². The minimum absolute atomic E-state index is 0.0914. The molecule has 1 aromatic heterocycles. The van der Waals surface area contributed by atoms with Gasteiger partial charge in [0.25, 0.3) is 0 Å². The van der Waals surface area contributed by atoms with Crippen molar-refractivity contribution in [1.82, 2.24) is 20.2 Å². The maximum Gasteiger partial charge on any atom is 0.416 e. The van der Waals surface area contributed by atoms with Gasteiger partial charge in [0, 0.05) is 0 Å². The van der Waals surface area contributed by atoms with Crippen molar-refractivity contribution in [2.45, 2.75) is 37.3 Å². The number of anilines is 1. The number of rotatable bonds is 4. The molecule has 1 N–H and O–H groups in total. The first-order valence-corrected chi connectivity index (χ1v) is 9.32. The molecule has 4 rings (SSSR count). The highest BCUT2D eigenvalue weighted by molar-refractivity contribution is 5.99. The Balaban J connectivity index is 1.68. The van der Waals surface area contributed by atoms with E-state index in [1.165, 1.54) is 35.3 Å². The maximum absolute atomic E-state index is 14.4. The van der Waals surface area contributed by atoms with Gasteiger partial charge in [-0.25, -0.2) is 9.07 Å². The van der Waals surface area contributed by atoms with Crippen molar-refractivity contribution in [3.8, 4) is 5.69 Å². The summed E-state index contributed by atoms with van der Waals surface area (Å²) in [4.78, 5) is 13.2. The molecule has 0 atom stereocenters. The second kappa shape index (κ2) is 7.51. The van der Waals surface area contributed by atoms with Gasteiger partial charge in [-0.05, 0) is 53.1 Å². The molecular formula is C20H17F4N5O. The standard InChI is InChI=1S/C20H17F4N5O/c21-16-7-6-15(29-12-25-27-28-29)11-17(16)26-18(30)19(8-1-2-9-19)13-4-3-5-14(10-13)20(22,23)24/h3-7,10-12H,1-2,8-9H2,(H,26,30). The molecule has 1 fully saturated rings. The van der Waals surface area contributed by atoms with Crippen molar-refractivity contribution in [2.24, 2.45) is 0 Å². The molecular weight excluding hydrogens is 402 g/mol. The van der Waals surface area contributed by atoms with E-state index in [0.29, 0.717) is 31.4 Å². The van der Waals surface area contributed by atoms with Crippen LogP contribution < -0.4 is 5.32 Å². The highest BCUT2D eigenvalue weighted by Gasteiger charge is 2.44. The zero-order chi connectivity index (χ0) is 21.4. The van der Waals surface area contributed by atoms with E-state index >= 15 is 0 Å². The number of nitrogens with zero attached hydrogens (tertiary/aromatic N) is 4. The first kappa shape index (κ1) is 20.0. The number of nitrogens with one attached hydrogen (secondary N) is 1. The molecule has 1 saturated carbocycles. The van der Waals surface area contributed by atoms with Crippen molar-refractivity contribution >= 4 is 11.6 Å². The van der Waals surface area contributed by atoms with Crippen molar-refractivity contribution in [1.29, 1.82) is 0 Å². The third kappa shape index (κ3) is 3.64. The average molecular weight is 419 g/mol. The van der Waals surface area contributed by atoms with Crippen LogP contribution in [0, 0.1) is 5.82 Å². The van der Waals surface area contributed by atoms with Gasteiger partial charge in [0.15, 0.2) is 0 Å². The molecule has 0 unspecified atom stereocenters. The lowest BCUT2D eigenvalue weighted by Gasteiger charge is -2.29. The molecule has 0 saturated heterocycles. The van der Waals surface area contributed by atoms with Crippen LogP contribution >= 0.6 is 0 Å². The van der Waals surface area contributed by atoms with Crippen molar-refractivity contribution in [3.63, 3.8) is 0 Å². The first-order chi connectivity index (χ1) is 14.3. The lowest BCUT2D eigenvalue weighted by molar-refractivity contribution is -0.137. The monoisotopic (exact) mass is 419 g/mol. The minimum Gasteiger partial charge on any atom is -0.323 e. The lowest BCUT2D eigenvalue weighted by Crippen LogP contribution is -2.38. The molecule has 0 radical (unpaired) electrons. The van der Waals surface area contributed by atoms with Crippen molar-refractivity contribution in [2.75, 3.05) is 5.32 Å². The predicted molar refractivity (Wildman–Crippen MR) is 99.3 cm³/mol. The maximum atomic E-state index is 14.4. The molecule has 2 aromatic carbocycles. The van der Waals surface area contributed by atoms with Crippen LogP contribution in [0.5, 0.6) is 0 Å². The van der Waals surface area contributed by atoms with Crippen LogP contribution in [-0.2, 0) is 16.4 Å². The fourth-order valence-electron chi connectivity index (χ4n) is 3.89. The molecule has 1 aliphatic carbocycles. The van der Waals surface area contributed by atoms with Gasteiger partial charge in [0.2, 0.25) is 5.91 Å². The molecule has 0 aliphatic heterocycles. The smallest absolute Gasteiger partial charge is 0.323 e. The van der Waals surface area contributed by atoms with Crippen LogP contribution in [-0.4, -0.2) is 26.1 Å². The van der Waals surface area contributed by atoms with Gasteiger partial charge in [-0.3, -0.25) is 4.79 Å². The van der Waals surface area contributed by atoms with Crippen LogP contribution in [0.25, 0.3) is 5.69 Å². The number of amides is 1. The molecule has 0 bridgehead atoms. The van der Waals surface area contributed by atoms with Crippen LogP contribution in [0.4, 0.5) is 23.2 Å². The SMILES string of the molecule is O=C(Nc1cc(-n2cnnn2)ccc1F)C1(c2cccc(C(F)(F)F)c2)CCCC1. The number of hydrogen-bond acceptors (Lipinski definition) is 4. The Bertz CT molecular complexity index is 1060. The zero-order valence-electron chi connectivity index (χ0n) is 15.7. The fourth-order valence-corrected chi connectivity index (χ4v) is 3.89. The summed E-state index contributed by atoms with van der Waals surface area (Å²) in [5, 5.41) is 13.3. The van der Waals surface area contributed by atoms with Gasteiger partial charge in [-0.2, -0.15) is 13.2 Å². The van der Waals surface area contributed by atoms with E-state index in [-0.39, 0.29) is 11.3 Å². The van der Waals surface area contributed by atoms with Crippen LogP contribution in [0.1, 0.15) is 36.8 Å². The van der Waals surface area contributed by atoms with Crippen LogP contribution in [0.3, 0.4) is 0 Å². The van der Waals surface area contributed by atoms with Crippen molar-refractivity contribution < 1.29 is 22.4 Å². The van der Waals surface area contributed by atoms with Gasteiger partial charge in [-0.15, -0.1) is 5.10 Å². The molecule has 1 heterocycles. The van der Waals surface area contributed by atoms with Crippen molar-refractivity contribution in [3.05, 3.63) is 65.7 Å². The summed E-state index contributed by atoms with van der Waals surface area (Å²) in [5.74, 6) is -1.20. The lowest BCUT2D eigenvalue weighted by atomic mass is 9.77. The number of tetrazole rings is 1. The summed E-state index contributed by atoms with van der Waals surface area (Å²) < 4.78 is 55.3. The molecule has 3 aromatic rings. The van der Waals surface area contributed by atoms with Crippen LogP contribution in [0.2, 0.25) is 0 Å². The zero-order valence-corrected chi connectivity index (χ0v) is 15.7. The number of carbonyl (C=O) groups is 1. The Hall–Kier alpha value is -3.30. The van der Waals surface area contributed by atoms with E-state index in [1.54, 1.807) is 0 Å². The molecule has 6 nitrogen and oxygen atoms in total. The summed E-state index contributed by atoms with van der Waals surface area (Å²) in [5.41, 5.74) is -1.35. The third-order valence-corrected chi connectivity index (χ3v) is 5.45. The number of alkyl halides is 3. The van der Waals surface area contributed by atoms with E-state index in [9.17, 15) is 22.4 Å². The predicted octanol–water partition coefficient (Wildman–Crippen LogP) is 4.27. The van der Waals surface area contributed by atoms with Gasteiger partial charge in [0.1, 0.15) is 12.1 Å². The largest absolute Gasteiger partial charge is 0.416 e. The summed E-state index contributed by atoms with van der Waals surface area (Å²) in [7, 11) is 0. The summed E-state index contributed by atoms with van der Waals surface area (Å²) in [6.07, 6.45) is -1.05. The second-order valence-corrected chi connectivity index (χ2v) is 7.24. The Kier molecular flexibility index (Phi) is 5.00. The van der Waals surface area contributed by atoms with Gasteiger partial charge >= 0.3 is 6.18 Å². The van der Waals surface area contributed by atoms with Crippen LogP contribution in [0.15, 0.2) is 48.8 Å². The molecule has 1 amide bonds. The molecule has 30 heavy (non-hydrogen) atoms. The molecule has 0 spiro atoms. The normalized spacial score (nSPS) is 15.9. The Morgan fingerprint density at radius 2 is 1.87 bits per heavy atom. The number of hydrogen-bond donors (Lipinski definition) is 1. The van der Waals surface area contributed by atoms with E-state index in [2.05, 4.69) is 20.8 Å². The number of carbonyl (C=O) groups excluding carboxylic acids is 1. The van der Waals surface area contributed by atoms with E-state index in [1.807, 2.05) is 0 Å². The average Bonchev–Trinajstić information content (AvgIpc) is 3.42. The third-order valence-electron chi connectivity index (χ3n) is 5.45. The number of halogens is 4. The quantitative estimate of drug-likeness (QED) is 0.641. The fraction of sp³-hybridized carbons (Fsp3) is 0.300. The second-order valence-electron chi connectivity index (χ2n) is 7.24. The number of benzene rings is 2. The Labute approximate surface area is 168 Å². The van der Waals surface area contributed by atoms with Gasteiger partial charge in [-0.1, -0.05) is 31.0 Å². The molecule has 1 aliphatic rings. The summed E-state index contributed by atoms with van der Waals surface area (Å²) in [6.45, 7) is 0. The summed E-state index contributed by atoms with van der Waals surface area (Å²) >= 11 is 0. The molecule has 156 valence electrons.